The zero-order valence-electron chi connectivity index (χ0n) is 22.8. The first kappa shape index (κ1) is 27.6. The van der Waals surface area contributed by atoms with Crippen molar-refractivity contribution < 1.29 is 26.9 Å². The van der Waals surface area contributed by atoms with Crippen LogP contribution >= 0.6 is 0 Å². The number of carbonyl (C=O) groups excluding carboxylic acids is 1. The molecular formula is C29H27F4N7O2. The lowest BCUT2D eigenvalue weighted by atomic mass is 10.1. The SMILES string of the molecule is Cc1c[nH]c2ccc(C(=O)NCc3nc(-c4cc5c(N=C6CCN(C)C[C@@H]6F)cccc5n4CC(F)(F)F)no3)cc12. The van der Waals surface area contributed by atoms with E-state index in [0.29, 0.717) is 35.3 Å². The van der Waals surface area contributed by atoms with E-state index >= 15 is 0 Å². The van der Waals surface area contributed by atoms with Crippen LogP contribution in [0.3, 0.4) is 0 Å². The first-order valence-corrected chi connectivity index (χ1v) is 13.3. The molecule has 0 bridgehead atoms. The Morgan fingerprint density at radius 2 is 2.05 bits per heavy atom. The molecular weight excluding hydrogens is 554 g/mol. The summed E-state index contributed by atoms with van der Waals surface area (Å²) in [6.45, 7) is 1.35. The van der Waals surface area contributed by atoms with Crippen molar-refractivity contribution in [1.82, 2.24) is 29.9 Å². The Morgan fingerprint density at radius 3 is 2.83 bits per heavy atom. The average molecular weight is 582 g/mol. The maximum Gasteiger partial charge on any atom is 0.406 e. The second kappa shape index (κ2) is 10.7. The summed E-state index contributed by atoms with van der Waals surface area (Å²) >= 11 is 0. The van der Waals surface area contributed by atoms with Gasteiger partial charge < -0.3 is 24.3 Å². The highest BCUT2D eigenvalue weighted by atomic mass is 19.4. The number of aliphatic imine (C=N–C) groups is 1. The molecule has 218 valence electrons. The third-order valence-electron chi connectivity index (χ3n) is 7.36. The van der Waals surface area contributed by atoms with Gasteiger partial charge in [-0.25, -0.2) is 4.39 Å². The van der Waals surface area contributed by atoms with Crippen molar-refractivity contribution in [2.75, 3.05) is 20.1 Å². The Hall–Kier alpha value is -4.52. The lowest BCUT2D eigenvalue weighted by Gasteiger charge is -2.26. The highest BCUT2D eigenvalue weighted by Gasteiger charge is 2.31. The van der Waals surface area contributed by atoms with E-state index in [4.69, 9.17) is 4.52 Å². The fourth-order valence-corrected chi connectivity index (χ4v) is 5.20. The van der Waals surface area contributed by atoms with E-state index < -0.39 is 18.9 Å². The number of fused-ring (bicyclic) bond motifs is 2. The number of rotatable bonds is 6. The second-order valence-electron chi connectivity index (χ2n) is 10.5. The van der Waals surface area contributed by atoms with Gasteiger partial charge in [-0.2, -0.15) is 18.2 Å². The van der Waals surface area contributed by atoms with Gasteiger partial charge in [-0.15, -0.1) is 0 Å². The summed E-state index contributed by atoms with van der Waals surface area (Å²) in [6.07, 6.45) is -3.53. The predicted molar refractivity (Wildman–Crippen MR) is 150 cm³/mol. The van der Waals surface area contributed by atoms with Crippen molar-refractivity contribution in [1.29, 1.82) is 0 Å². The third kappa shape index (κ3) is 5.51. The monoisotopic (exact) mass is 581 g/mol. The minimum Gasteiger partial charge on any atom is -0.361 e. The molecule has 5 aromatic rings. The molecule has 3 aromatic heterocycles. The van der Waals surface area contributed by atoms with Crippen LogP contribution in [0.1, 0.15) is 28.2 Å². The smallest absolute Gasteiger partial charge is 0.361 e. The Kier molecular flexibility index (Phi) is 7.05. The minimum absolute atomic E-state index is 0.0214. The summed E-state index contributed by atoms with van der Waals surface area (Å²) in [5, 5.41) is 7.94. The van der Waals surface area contributed by atoms with Crippen molar-refractivity contribution in [2.45, 2.75) is 38.8 Å². The number of benzene rings is 2. The summed E-state index contributed by atoms with van der Waals surface area (Å²) in [7, 11) is 1.82. The van der Waals surface area contributed by atoms with Gasteiger partial charge in [0.05, 0.1) is 29.2 Å². The number of carbonyl (C=O) groups is 1. The molecule has 1 aliphatic rings. The number of H-pyrrole nitrogens is 1. The summed E-state index contributed by atoms with van der Waals surface area (Å²) in [5.74, 6) is -0.425. The number of nitrogens with one attached hydrogen (secondary N) is 2. The zero-order chi connectivity index (χ0) is 29.6. The molecule has 2 N–H and O–H groups in total. The van der Waals surface area contributed by atoms with E-state index in [1.807, 2.05) is 25.1 Å². The standard InChI is InChI=1S/C29H27F4N7O2/c1-16-12-34-21-7-6-17(10-18(16)21)28(41)35-13-26-37-27(38-42-26)25-11-19-22(36-23-8-9-39(2)14-20(23)30)4-3-5-24(19)40(25)15-29(31,32)33/h3-7,10-12,20,34H,8-9,13-15H2,1-2H3,(H,35,41)/t20-/m0/s1. The van der Waals surface area contributed by atoms with Gasteiger partial charge in [0.1, 0.15) is 6.54 Å². The van der Waals surface area contributed by atoms with Gasteiger partial charge in [-0.1, -0.05) is 11.2 Å². The van der Waals surface area contributed by atoms with Crippen LogP contribution in [0.2, 0.25) is 0 Å². The van der Waals surface area contributed by atoms with Crippen molar-refractivity contribution in [2.24, 2.45) is 4.99 Å². The molecule has 6 rings (SSSR count). The van der Waals surface area contributed by atoms with Crippen molar-refractivity contribution >= 4 is 39.1 Å². The Bertz CT molecular complexity index is 1820. The maximum atomic E-state index is 14.7. The van der Waals surface area contributed by atoms with E-state index in [-0.39, 0.29) is 41.9 Å². The van der Waals surface area contributed by atoms with Crippen LogP contribution in [0, 0.1) is 6.92 Å². The van der Waals surface area contributed by atoms with Crippen molar-refractivity contribution in [3.63, 3.8) is 0 Å². The number of hydrogen-bond acceptors (Lipinski definition) is 6. The van der Waals surface area contributed by atoms with Crippen LogP contribution in [0.4, 0.5) is 23.2 Å². The predicted octanol–water partition coefficient (Wildman–Crippen LogP) is 5.72. The summed E-state index contributed by atoms with van der Waals surface area (Å²) < 4.78 is 62.0. The number of nitrogens with zero attached hydrogens (tertiary/aromatic N) is 5. The fourth-order valence-electron chi connectivity index (χ4n) is 5.20. The molecule has 42 heavy (non-hydrogen) atoms. The summed E-state index contributed by atoms with van der Waals surface area (Å²) in [6, 6.07) is 11.5. The largest absolute Gasteiger partial charge is 0.406 e. The molecule has 1 aliphatic heterocycles. The highest BCUT2D eigenvalue weighted by Crippen LogP contribution is 2.36. The first-order chi connectivity index (χ1) is 20.1. The number of piperidine rings is 1. The maximum absolute atomic E-state index is 14.7. The van der Waals surface area contributed by atoms with Crippen LogP contribution in [-0.2, 0) is 13.1 Å². The lowest BCUT2D eigenvalue weighted by Crippen LogP contribution is -2.39. The lowest BCUT2D eigenvalue weighted by molar-refractivity contribution is -0.139. The molecule has 1 fully saturated rings. The molecule has 1 atom stereocenters. The number of amides is 1. The number of halogens is 4. The topological polar surface area (TPSA) is 104 Å². The quantitative estimate of drug-likeness (QED) is 0.250. The van der Waals surface area contributed by atoms with Gasteiger partial charge in [-0.3, -0.25) is 9.79 Å². The van der Waals surface area contributed by atoms with E-state index in [0.717, 1.165) is 21.0 Å². The van der Waals surface area contributed by atoms with Gasteiger partial charge in [0.2, 0.25) is 11.7 Å². The molecule has 0 spiro atoms. The number of aromatic amines is 1. The Balaban J connectivity index is 1.29. The van der Waals surface area contributed by atoms with E-state index in [1.54, 1.807) is 36.4 Å². The van der Waals surface area contributed by atoms with Gasteiger partial charge in [-0.05, 0) is 55.9 Å². The fraction of sp³-hybridized carbons (Fsp3) is 0.310. The molecule has 0 aliphatic carbocycles. The van der Waals surface area contributed by atoms with Crippen LogP contribution in [0.15, 0.2) is 58.2 Å². The molecule has 4 heterocycles. The minimum atomic E-state index is -4.54. The zero-order valence-corrected chi connectivity index (χ0v) is 22.8. The number of aromatic nitrogens is 4. The average Bonchev–Trinajstić information content (AvgIpc) is 3.66. The Labute approximate surface area is 237 Å². The molecule has 0 unspecified atom stereocenters. The van der Waals surface area contributed by atoms with Crippen LogP contribution in [0.25, 0.3) is 33.3 Å². The molecule has 1 amide bonds. The molecule has 2 aromatic carbocycles. The van der Waals surface area contributed by atoms with Gasteiger partial charge in [0.15, 0.2) is 6.17 Å². The molecule has 13 heteroatoms. The Morgan fingerprint density at radius 1 is 1.21 bits per heavy atom. The number of aryl methyl sites for hydroxylation is 1. The van der Waals surface area contributed by atoms with Crippen LogP contribution < -0.4 is 5.32 Å². The summed E-state index contributed by atoms with van der Waals surface area (Å²) in [5.41, 5.74) is 3.37. The van der Waals surface area contributed by atoms with Crippen molar-refractivity contribution in [3.05, 3.63) is 65.7 Å². The van der Waals surface area contributed by atoms with Gasteiger partial charge in [0, 0.05) is 47.6 Å². The summed E-state index contributed by atoms with van der Waals surface area (Å²) in [4.78, 5) is 26.5. The second-order valence-corrected chi connectivity index (χ2v) is 10.5. The van der Waals surface area contributed by atoms with Crippen molar-refractivity contribution in [3.8, 4) is 11.5 Å². The highest BCUT2D eigenvalue weighted by molar-refractivity contribution is 6.00. The molecule has 0 saturated carbocycles. The number of hydrogen-bond donors (Lipinski definition) is 2. The molecule has 0 radical (unpaired) electrons. The number of alkyl halides is 4. The molecule has 9 nitrogen and oxygen atoms in total. The third-order valence-corrected chi connectivity index (χ3v) is 7.36. The first-order valence-electron chi connectivity index (χ1n) is 13.3. The number of likely N-dealkylation sites (tertiary alicyclic amines) is 1. The molecule has 1 saturated heterocycles. The normalized spacial score (nSPS) is 17.5. The van der Waals surface area contributed by atoms with E-state index in [9.17, 15) is 22.4 Å². The van der Waals surface area contributed by atoms with E-state index in [2.05, 4.69) is 25.4 Å². The van der Waals surface area contributed by atoms with Gasteiger partial charge in [0.25, 0.3) is 5.91 Å². The van der Waals surface area contributed by atoms with Crippen LogP contribution in [-0.4, -0.2) is 68.7 Å². The van der Waals surface area contributed by atoms with Gasteiger partial charge >= 0.3 is 6.18 Å². The van der Waals surface area contributed by atoms with E-state index in [1.165, 1.54) is 6.07 Å². The van der Waals surface area contributed by atoms with Crippen LogP contribution in [0.5, 0.6) is 0 Å².